The molecule has 16 heavy (non-hydrogen) atoms. The first-order valence-corrected chi connectivity index (χ1v) is 4.42. The van der Waals surface area contributed by atoms with Gasteiger partial charge in [-0.25, -0.2) is 4.39 Å². The van der Waals surface area contributed by atoms with Crippen LogP contribution in [-0.4, -0.2) is 11.7 Å². The van der Waals surface area contributed by atoms with Crippen LogP contribution in [0.3, 0.4) is 0 Å². The molecule has 1 aromatic rings. The maximum atomic E-state index is 13.1. The molecule has 0 heterocycles. The molecule has 1 rings (SSSR count). The van der Waals surface area contributed by atoms with Crippen molar-refractivity contribution in [2.75, 3.05) is 6.61 Å². The maximum Gasteiger partial charge on any atom is 0.298 e. The molecule has 0 radical (unpaired) electrons. The van der Waals surface area contributed by atoms with Crippen LogP contribution in [0, 0.1) is 5.82 Å². The predicted molar refractivity (Wildman–Crippen MR) is 57.2 cm³/mol. The van der Waals surface area contributed by atoms with Crippen molar-refractivity contribution in [3.63, 3.8) is 0 Å². The summed E-state index contributed by atoms with van der Waals surface area (Å²) in [5.74, 6) is -4.62. The molecule has 0 aromatic heterocycles. The van der Waals surface area contributed by atoms with E-state index in [0.29, 0.717) is 5.56 Å². The van der Waals surface area contributed by atoms with Crippen LogP contribution in [0.4, 0.5) is 13.2 Å². The van der Waals surface area contributed by atoms with E-state index in [4.69, 9.17) is 10.8 Å². The number of halogens is 4. The van der Waals surface area contributed by atoms with Gasteiger partial charge in [0.05, 0.1) is 5.56 Å². The standard InChI is InChI=1S/C10H12F3NO.ClH/c1-6(14)7-2-3-9(11)8(4-7)10(12,13)5-15;/h2-4,6,15H,5,14H2,1H3;1H. The lowest BCUT2D eigenvalue weighted by molar-refractivity contribution is -0.0583. The van der Waals surface area contributed by atoms with Gasteiger partial charge in [0, 0.05) is 6.04 Å². The summed E-state index contributed by atoms with van der Waals surface area (Å²) < 4.78 is 39.2. The van der Waals surface area contributed by atoms with Crippen LogP contribution in [0.15, 0.2) is 18.2 Å². The molecule has 92 valence electrons. The summed E-state index contributed by atoms with van der Waals surface area (Å²) in [6.07, 6.45) is 0. The van der Waals surface area contributed by atoms with Crippen LogP contribution >= 0.6 is 12.4 Å². The molecule has 1 aromatic carbocycles. The number of hydrogen-bond donors (Lipinski definition) is 2. The Kier molecular flexibility index (Phi) is 5.25. The van der Waals surface area contributed by atoms with E-state index in [-0.39, 0.29) is 12.4 Å². The molecule has 2 nitrogen and oxygen atoms in total. The molecule has 0 aliphatic carbocycles. The molecule has 0 saturated carbocycles. The highest BCUT2D eigenvalue weighted by molar-refractivity contribution is 5.85. The van der Waals surface area contributed by atoms with Gasteiger partial charge in [-0.15, -0.1) is 12.4 Å². The Hall–Kier alpha value is -0.780. The summed E-state index contributed by atoms with van der Waals surface area (Å²) >= 11 is 0. The molecule has 0 bridgehead atoms. The van der Waals surface area contributed by atoms with Gasteiger partial charge < -0.3 is 10.8 Å². The van der Waals surface area contributed by atoms with E-state index in [1.54, 1.807) is 6.92 Å². The quantitative estimate of drug-likeness (QED) is 0.871. The molecule has 1 unspecified atom stereocenters. The van der Waals surface area contributed by atoms with Crippen molar-refractivity contribution in [2.45, 2.75) is 18.9 Å². The second kappa shape index (κ2) is 5.52. The van der Waals surface area contributed by atoms with Crippen molar-refractivity contribution in [3.05, 3.63) is 35.1 Å². The zero-order chi connectivity index (χ0) is 11.6. The van der Waals surface area contributed by atoms with Crippen LogP contribution in [0.2, 0.25) is 0 Å². The van der Waals surface area contributed by atoms with Gasteiger partial charge in [-0.05, 0) is 24.6 Å². The molecular formula is C10H13ClF3NO. The zero-order valence-corrected chi connectivity index (χ0v) is 9.40. The molecule has 0 spiro atoms. The molecule has 0 fully saturated rings. The molecule has 1 atom stereocenters. The van der Waals surface area contributed by atoms with Gasteiger partial charge >= 0.3 is 0 Å². The third-order valence-electron chi connectivity index (χ3n) is 2.11. The topological polar surface area (TPSA) is 46.2 Å². The molecule has 0 saturated heterocycles. The second-order valence-corrected chi connectivity index (χ2v) is 3.39. The van der Waals surface area contributed by atoms with E-state index < -0.39 is 30.0 Å². The zero-order valence-electron chi connectivity index (χ0n) is 8.58. The molecule has 6 heteroatoms. The fourth-order valence-electron chi connectivity index (χ4n) is 1.19. The van der Waals surface area contributed by atoms with Gasteiger partial charge in [-0.2, -0.15) is 8.78 Å². The number of hydrogen-bond acceptors (Lipinski definition) is 2. The fraction of sp³-hybridized carbons (Fsp3) is 0.400. The van der Waals surface area contributed by atoms with E-state index in [2.05, 4.69) is 0 Å². The number of aliphatic hydroxyl groups is 1. The van der Waals surface area contributed by atoms with Crippen LogP contribution in [0.25, 0.3) is 0 Å². The number of nitrogens with two attached hydrogens (primary N) is 1. The summed E-state index contributed by atoms with van der Waals surface area (Å²) in [5, 5.41) is 8.45. The molecule has 0 aliphatic rings. The number of rotatable bonds is 3. The lowest BCUT2D eigenvalue weighted by Gasteiger charge is -2.16. The van der Waals surface area contributed by atoms with Crippen molar-refractivity contribution in [1.29, 1.82) is 0 Å². The summed E-state index contributed by atoms with van der Waals surface area (Å²) in [5.41, 5.74) is 5.07. The number of alkyl halides is 2. The smallest absolute Gasteiger partial charge is 0.298 e. The normalized spacial score (nSPS) is 13.1. The van der Waals surface area contributed by atoms with Gasteiger partial charge in [0.1, 0.15) is 12.4 Å². The third-order valence-corrected chi connectivity index (χ3v) is 2.11. The van der Waals surface area contributed by atoms with Gasteiger partial charge in [0.15, 0.2) is 0 Å². The second-order valence-electron chi connectivity index (χ2n) is 3.39. The Morgan fingerprint density at radius 2 is 2.00 bits per heavy atom. The summed E-state index contributed by atoms with van der Waals surface area (Å²) in [7, 11) is 0. The van der Waals surface area contributed by atoms with Gasteiger partial charge in [0.2, 0.25) is 0 Å². The third kappa shape index (κ3) is 3.10. The average Bonchev–Trinajstić information content (AvgIpc) is 2.17. The van der Waals surface area contributed by atoms with Gasteiger partial charge in [-0.1, -0.05) is 6.07 Å². The molecule has 0 aliphatic heterocycles. The van der Waals surface area contributed by atoms with Crippen LogP contribution < -0.4 is 5.73 Å². The van der Waals surface area contributed by atoms with Crippen molar-refractivity contribution in [3.8, 4) is 0 Å². The van der Waals surface area contributed by atoms with E-state index in [1.165, 1.54) is 6.07 Å². The van der Waals surface area contributed by atoms with Crippen molar-refractivity contribution in [1.82, 2.24) is 0 Å². The fourth-order valence-corrected chi connectivity index (χ4v) is 1.19. The highest BCUT2D eigenvalue weighted by Crippen LogP contribution is 2.31. The van der Waals surface area contributed by atoms with E-state index in [1.807, 2.05) is 0 Å². The largest absolute Gasteiger partial charge is 0.390 e. The number of aliphatic hydroxyl groups excluding tert-OH is 1. The van der Waals surface area contributed by atoms with Crippen LogP contribution in [0.5, 0.6) is 0 Å². The van der Waals surface area contributed by atoms with E-state index >= 15 is 0 Å². The SMILES string of the molecule is CC(N)c1ccc(F)c(C(F)(F)CO)c1.Cl. The number of benzene rings is 1. The van der Waals surface area contributed by atoms with Gasteiger partial charge in [-0.3, -0.25) is 0 Å². The Balaban J connectivity index is 0.00000225. The average molecular weight is 256 g/mol. The van der Waals surface area contributed by atoms with Gasteiger partial charge in [0.25, 0.3) is 5.92 Å². The summed E-state index contributed by atoms with van der Waals surface area (Å²) in [4.78, 5) is 0. The lowest BCUT2D eigenvalue weighted by Crippen LogP contribution is -2.21. The molecular weight excluding hydrogens is 243 g/mol. The predicted octanol–water partition coefficient (Wildman–Crippen LogP) is 2.35. The first-order valence-electron chi connectivity index (χ1n) is 4.42. The minimum atomic E-state index is -3.57. The van der Waals surface area contributed by atoms with Crippen LogP contribution in [-0.2, 0) is 5.92 Å². The highest BCUT2D eigenvalue weighted by Gasteiger charge is 2.33. The van der Waals surface area contributed by atoms with Crippen molar-refractivity contribution >= 4 is 12.4 Å². The molecule has 0 amide bonds. The highest BCUT2D eigenvalue weighted by atomic mass is 35.5. The van der Waals surface area contributed by atoms with E-state index in [9.17, 15) is 13.2 Å². The summed E-state index contributed by atoms with van der Waals surface area (Å²) in [6, 6.07) is 2.80. The van der Waals surface area contributed by atoms with Crippen molar-refractivity contribution in [2.24, 2.45) is 5.73 Å². The minimum absolute atomic E-state index is 0. The van der Waals surface area contributed by atoms with E-state index in [0.717, 1.165) is 12.1 Å². The maximum absolute atomic E-state index is 13.1. The first-order chi connectivity index (χ1) is 6.88. The Morgan fingerprint density at radius 1 is 1.44 bits per heavy atom. The Bertz CT molecular complexity index is 358. The van der Waals surface area contributed by atoms with Crippen LogP contribution in [0.1, 0.15) is 24.1 Å². The lowest BCUT2D eigenvalue weighted by atomic mass is 10.0. The Morgan fingerprint density at radius 3 is 2.44 bits per heavy atom. The monoisotopic (exact) mass is 255 g/mol. The first kappa shape index (κ1) is 15.2. The Labute approximate surface area is 97.7 Å². The van der Waals surface area contributed by atoms with Crippen molar-refractivity contribution < 1.29 is 18.3 Å². The molecule has 3 N–H and O–H groups in total. The minimum Gasteiger partial charge on any atom is -0.390 e. The summed E-state index contributed by atoms with van der Waals surface area (Å²) in [6.45, 7) is 0.181.